The molecule has 1 atom stereocenters. The Morgan fingerprint density at radius 3 is 2.62 bits per heavy atom. The van der Waals surface area contributed by atoms with Crippen LogP contribution in [0.3, 0.4) is 0 Å². The summed E-state index contributed by atoms with van der Waals surface area (Å²) < 4.78 is 0. The number of nitriles is 1. The molecule has 0 saturated carbocycles. The third kappa shape index (κ3) is 3.56. The lowest BCUT2D eigenvalue weighted by Crippen LogP contribution is -2.49. The molecule has 6 heteroatoms. The highest BCUT2D eigenvalue weighted by atomic mass is 35.5. The van der Waals surface area contributed by atoms with E-state index in [1.54, 1.807) is 35.5 Å². The molecule has 1 saturated heterocycles. The van der Waals surface area contributed by atoms with Crippen LogP contribution >= 0.6 is 11.6 Å². The maximum absolute atomic E-state index is 12.4. The van der Waals surface area contributed by atoms with Gasteiger partial charge in [0, 0.05) is 43.6 Å². The van der Waals surface area contributed by atoms with E-state index in [1.165, 1.54) is 0 Å². The average Bonchev–Trinajstić information content (AvgIpc) is 2.63. The Hall–Kier alpha value is -2.42. The van der Waals surface area contributed by atoms with Crippen LogP contribution in [0.5, 0.6) is 0 Å². The lowest BCUT2D eigenvalue weighted by molar-refractivity contribution is 0.0606. The Balaban J connectivity index is 1.66. The Labute approximate surface area is 146 Å². The van der Waals surface area contributed by atoms with Gasteiger partial charge in [0.2, 0.25) is 0 Å². The fraction of sp³-hybridized carbons (Fsp3) is 0.278. The number of benzene rings is 1. The summed E-state index contributed by atoms with van der Waals surface area (Å²) in [6, 6.07) is 12.9. The zero-order chi connectivity index (χ0) is 16.9. The van der Waals surface area contributed by atoms with Crippen molar-refractivity contribution in [2.75, 3.05) is 26.2 Å². The molecule has 1 amide bonds. The highest BCUT2D eigenvalue weighted by molar-refractivity contribution is 6.30. The largest absolute Gasteiger partial charge is 0.336 e. The van der Waals surface area contributed by atoms with E-state index in [0.29, 0.717) is 36.8 Å². The number of carbonyl (C=O) groups excluding carboxylic acids is 1. The molecule has 3 rings (SSSR count). The van der Waals surface area contributed by atoms with E-state index in [1.807, 2.05) is 18.2 Å². The molecule has 24 heavy (non-hydrogen) atoms. The number of pyridine rings is 1. The molecule has 0 spiro atoms. The van der Waals surface area contributed by atoms with Gasteiger partial charge < -0.3 is 4.90 Å². The Bertz CT molecular complexity index is 751. The van der Waals surface area contributed by atoms with Crippen molar-refractivity contribution >= 4 is 17.5 Å². The van der Waals surface area contributed by atoms with Crippen LogP contribution in [0.4, 0.5) is 0 Å². The third-order valence-electron chi connectivity index (χ3n) is 4.16. The fourth-order valence-electron chi connectivity index (χ4n) is 2.90. The molecule has 0 aliphatic carbocycles. The highest BCUT2D eigenvalue weighted by Crippen LogP contribution is 2.24. The van der Waals surface area contributed by atoms with Crippen LogP contribution in [-0.2, 0) is 0 Å². The second-order valence-corrected chi connectivity index (χ2v) is 6.09. The number of halogens is 1. The van der Waals surface area contributed by atoms with E-state index >= 15 is 0 Å². The van der Waals surface area contributed by atoms with Crippen LogP contribution in [0.1, 0.15) is 22.0 Å². The highest BCUT2D eigenvalue weighted by Gasteiger charge is 2.27. The SMILES string of the molecule is N#CC(c1cccc(Cl)c1)N1CCN(C(=O)c2cccnc2)CC1. The number of piperazine rings is 1. The summed E-state index contributed by atoms with van der Waals surface area (Å²) in [5.41, 5.74) is 1.48. The Kier molecular flexibility index (Phi) is 5.09. The van der Waals surface area contributed by atoms with Crippen molar-refractivity contribution in [3.63, 3.8) is 0 Å². The van der Waals surface area contributed by atoms with E-state index in [4.69, 9.17) is 11.6 Å². The van der Waals surface area contributed by atoms with Gasteiger partial charge in [-0.1, -0.05) is 23.7 Å². The topological polar surface area (TPSA) is 60.2 Å². The van der Waals surface area contributed by atoms with Crippen molar-refractivity contribution in [3.8, 4) is 6.07 Å². The molecule has 1 unspecified atom stereocenters. The molecule has 0 N–H and O–H groups in total. The quantitative estimate of drug-likeness (QED) is 0.862. The zero-order valence-corrected chi connectivity index (χ0v) is 13.9. The minimum Gasteiger partial charge on any atom is -0.336 e. The van der Waals surface area contributed by atoms with Crippen LogP contribution in [0.15, 0.2) is 48.8 Å². The number of hydrogen-bond acceptors (Lipinski definition) is 4. The van der Waals surface area contributed by atoms with Gasteiger partial charge in [-0.3, -0.25) is 14.7 Å². The lowest BCUT2D eigenvalue weighted by atomic mass is 10.1. The van der Waals surface area contributed by atoms with Crippen molar-refractivity contribution in [2.24, 2.45) is 0 Å². The summed E-state index contributed by atoms with van der Waals surface area (Å²) in [5, 5.41) is 10.2. The van der Waals surface area contributed by atoms with Gasteiger partial charge in [-0.25, -0.2) is 0 Å². The molecule has 1 aliphatic heterocycles. The van der Waals surface area contributed by atoms with Crippen molar-refractivity contribution in [2.45, 2.75) is 6.04 Å². The maximum Gasteiger partial charge on any atom is 0.255 e. The fourth-order valence-corrected chi connectivity index (χ4v) is 3.10. The van der Waals surface area contributed by atoms with E-state index in [9.17, 15) is 10.1 Å². The number of hydrogen-bond donors (Lipinski definition) is 0. The van der Waals surface area contributed by atoms with Crippen LogP contribution in [-0.4, -0.2) is 46.9 Å². The van der Waals surface area contributed by atoms with Gasteiger partial charge in [-0.2, -0.15) is 5.26 Å². The molecule has 1 fully saturated rings. The van der Waals surface area contributed by atoms with Gasteiger partial charge in [0.05, 0.1) is 11.6 Å². The predicted molar refractivity (Wildman–Crippen MR) is 91.5 cm³/mol. The van der Waals surface area contributed by atoms with E-state index in [2.05, 4.69) is 16.0 Å². The third-order valence-corrected chi connectivity index (χ3v) is 4.40. The monoisotopic (exact) mass is 340 g/mol. The zero-order valence-electron chi connectivity index (χ0n) is 13.1. The first-order chi connectivity index (χ1) is 11.7. The summed E-state index contributed by atoms with van der Waals surface area (Å²) in [4.78, 5) is 20.3. The van der Waals surface area contributed by atoms with Crippen molar-refractivity contribution in [1.29, 1.82) is 5.26 Å². The van der Waals surface area contributed by atoms with E-state index in [0.717, 1.165) is 5.56 Å². The molecular formula is C18H17ClN4O. The number of carbonyl (C=O) groups is 1. The lowest BCUT2D eigenvalue weighted by Gasteiger charge is -2.37. The Morgan fingerprint density at radius 2 is 2.00 bits per heavy atom. The minimum atomic E-state index is -0.348. The molecule has 5 nitrogen and oxygen atoms in total. The second kappa shape index (κ2) is 7.43. The first-order valence-electron chi connectivity index (χ1n) is 7.77. The molecule has 1 aromatic carbocycles. The first kappa shape index (κ1) is 16.4. The predicted octanol–water partition coefficient (Wildman–Crippen LogP) is 2.76. The molecule has 122 valence electrons. The Morgan fingerprint density at radius 1 is 1.21 bits per heavy atom. The van der Waals surface area contributed by atoms with Gasteiger partial charge in [0.15, 0.2) is 0 Å². The smallest absolute Gasteiger partial charge is 0.255 e. The second-order valence-electron chi connectivity index (χ2n) is 5.66. The molecule has 0 bridgehead atoms. The van der Waals surface area contributed by atoms with Gasteiger partial charge in [-0.15, -0.1) is 0 Å². The summed E-state index contributed by atoms with van der Waals surface area (Å²) in [6.07, 6.45) is 3.23. The molecule has 1 aliphatic rings. The molecule has 0 radical (unpaired) electrons. The standard InChI is InChI=1S/C18H17ClN4O/c19-16-5-1-3-14(11-16)17(12-20)22-7-9-23(10-8-22)18(24)15-4-2-6-21-13-15/h1-6,11,13,17H,7-10H2. The van der Waals surface area contributed by atoms with Gasteiger partial charge in [0.25, 0.3) is 5.91 Å². The summed E-state index contributed by atoms with van der Waals surface area (Å²) in [6.45, 7) is 2.48. The number of aromatic nitrogens is 1. The van der Waals surface area contributed by atoms with Crippen molar-refractivity contribution < 1.29 is 4.79 Å². The molecule has 2 heterocycles. The van der Waals surface area contributed by atoms with Gasteiger partial charge in [0.1, 0.15) is 6.04 Å². The molecular weight excluding hydrogens is 324 g/mol. The number of amides is 1. The summed E-state index contributed by atoms with van der Waals surface area (Å²) >= 11 is 6.03. The van der Waals surface area contributed by atoms with Crippen molar-refractivity contribution in [3.05, 3.63) is 64.9 Å². The average molecular weight is 341 g/mol. The molecule has 1 aromatic heterocycles. The molecule has 2 aromatic rings. The van der Waals surface area contributed by atoms with Gasteiger partial charge in [-0.05, 0) is 29.8 Å². The van der Waals surface area contributed by atoms with Crippen LogP contribution in [0.2, 0.25) is 5.02 Å². The first-order valence-corrected chi connectivity index (χ1v) is 8.15. The van der Waals surface area contributed by atoms with Gasteiger partial charge >= 0.3 is 0 Å². The summed E-state index contributed by atoms with van der Waals surface area (Å²) in [5.74, 6) is -0.0148. The van der Waals surface area contributed by atoms with Crippen LogP contribution < -0.4 is 0 Å². The minimum absolute atomic E-state index is 0.0148. The van der Waals surface area contributed by atoms with E-state index < -0.39 is 0 Å². The normalized spacial score (nSPS) is 16.4. The summed E-state index contributed by atoms with van der Waals surface area (Å²) in [7, 11) is 0. The maximum atomic E-state index is 12.4. The van der Waals surface area contributed by atoms with Crippen molar-refractivity contribution in [1.82, 2.24) is 14.8 Å². The number of nitrogens with zero attached hydrogens (tertiary/aromatic N) is 4. The van der Waals surface area contributed by atoms with Crippen LogP contribution in [0, 0.1) is 11.3 Å². The number of rotatable bonds is 3. The van der Waals surface area contributed by atoms with E-state index in [-0.39, 0.29) is 11.9 Å². The van der Waals surface area contributed by atoms with Crippen LogP contribution in [0.25, 0.3) is 0 Å².